The number of carbonyl (C=O) groups is 1. The normalized spacial score (nSPS) is 11.1. The minimum atomic E-state index is 0.739. The topological polar surface area (TPSA) is 17.1 Å². The number of rotatable bonds is 3. The minimum Gasteiger partial charge on any atom is -0.298 e. The quantitative estimate of drug-likeness (QED) is 0.444. The van der Waals surface area contributed by atoms with E-state index in [1.807, 2.05) is 6.92 Å². The molecule has 0 atom stereocenters. The highest BCUT2D eigenvalue weighted by Gasteiger charge is 1.83. The first kappa shape index (κ1) is 8.50. The summed E-state index contributed by atoms with van der Waals surface area (Å²) >= 11 is 1.48. The zero-order valence-electron chi connectivity index (χ0n) is 5.68. The van der Waals surface area contributed by atoms with Crippen LogP contribution in [0, 0.1) is 0 Å². The van der Waals surface area contributed by atoms with Gasteiger partial charge in [0, 0.05) is 0 Å². The SMILES string of the molecule is C=C(C)S/C=C(\C)C=O. The van der Waals surface area contributed by atoms with Gasteiger partial charge in [-0.25, -0.2) is 0 Å². The van der Waals surface area contributed by atoms with Crippen LogP contribution in [0.3, 0.4) is 0 Å². The molecule has 0 amide bonds. The van der Waals surface area contributed by atoms with Crippen LogP contribution in [-0.2, 0) is 4.79 Å². The molecule has 0 aliphatic heterocycles. The molecule has 9 heavy (non-hydrogen) atoms. The lowest BCUT2D eigenvalue weighted by atomic mass is 10.4. The maximum absolute atomic E-state index is 10.0. The fraction of sp³-hybridized carbons (Fsp3) is 0.286. The molecule has 0 heterocycles. The van der Waals surface area contributed by atoms with Crippen molar-refractivity contribution in [2.75, 3.05) is 0 Å². The van der Waals surface area contributed by atoms with Gasteiger partial charge in [-0.3, -0.25) is 4.79 Å². The predicted octanol–water partition coefficient (Wildman–Crippen LogP) is 2.36. The molecule has 0 aliphatic carbocycles. The molecular formula is C7H10OS. The first-order chi connectivity index (χ1) is 4.16. The van der Waals surface area contributed by atoms with Crippen molar-refractivity contribution < 1.29 is 4.79 Å². The summed E-state index contributed by atoms with van der Waals surface area (Å²) in [4.78, 5) is 11.0. The number of thioether (sulfide) groups is 1. The van der Waals surface area contributed by atoms with E-state index in [9.17, 15) is 4.79 Å². The van der Waals surface area contributed by atoms with Gasteiger partial charge < -0.3 is 0 Å². The van der Waals surface area contributed by atoms with E-state index in [0.717, 1.165) is 16.8 Å². The molecule has 0 aromatic heterocycles. The molecule has 0 bridgehead atoms. The summed E-state index contributed by atoms with van der Waals surface area (Å²) in [5.74, 6) is 0. The Morgan fingerprint density at radius 3 is 2.44 bits per heavy atom. The molecule has 0 aromatic rings. The van der Waals surface area contributed by atoms with E-state index >= 15 is 0 Å². The van der Waals surface area contributed by atoms with Crippen LogP contribution in [0.1, 0.15) is 13.8 Å². The highest BCUT2D eigenvalue weighted by Crippen LogP contribution is 2.14. The Kier molecular flexibility index (Phi) is 4.14. The summed E-state index contributed by atoms with van der Waals surface area (Å²) in [6.07, 6.45) is 0.829. The molecule has 0 aromatic carbocycles. The van der Waals surface area contributed by atoms with Crippen molar-refractivity contribution in [2.24, 2.45) is 0 Å². The van der Waals surface area contributed by atoms with Crippen LogP contribution in [0.5, 0.6) is 0 Å². The summed E-state index contributed by atoms with van der Waals surface area (Å²) in [7, 11) is 0. The van der Waals surface area contributed by atoms with Gasteiger partial charge in [0.15, 0.2) is 0 Å². The largest absolute Gasteiger partial charge is 0.298 e. The molecule has 0 aliphatic rings. The van der Waals surface area contributed by atoms with Gasteiger partial charge >= 0.3 is 0 Å². The Hall–Kier alpha value is -0.500. The van der Waals surface area contributed by atoms with E-state index in [2.05, 4.69) is 6.58 Å². The van der Waals surface area contributed by atoms with Crippen molar-refractivity contribution in [2.45, 2.75) is 13.8 Å². The Balaban J connectivity index is 3.69. The van der Waals surface area contributed by atoms with Crippen molar-refractivity contribution in [3.05, 3.63) is 22.5 Å². The molecule has 0 radical (unpaired) electrons. The highest BCUT2D eigenvalue weighted by molar-refractivity contribution is 8.05. The zero-order chi connectivity index (χ0) is 7.28. The summed E-state index contributed by atoms with van der Waals surface area (Å²) in [6, 6.07) is 0. The van der Waals surface area contributed by atoms with Crippen molar-refractivity contribution in [1.82, 2.24) is 0 Å². The van der Waals surface area contributed by atoms with Crippen LogP contribution < -0.4 is 0 Å². The summed E-state index contributed by atoms with van der Waals surface area (Å²) in [5, 5.41) is 1.79. The molecule has 0 fully saturated rings. The second-order valence-electron chi connectivity index (χ2n) is 1.80. The summed E-state index contributed by atoms with van der Waals surface area (Å²) in [5.41, 5.74) is 0.739. The van der Waals surface area contributed by atoms with Gasteiger partial charge in [0.25, 0.3) is 0 Å². The molecule has 0 N–H and O–H groups in total. The molecule has 0 saturated heterocycles. The Bertz CT molecular complexity index is 147. The van der Waals surface area contributed by atoms with Crippen molar-refractivity contribution >= 4 is 18.0 Å². The van der Waals surface area contributed by atoms with E-state index in [-0.39, 0.29) is 0 Å². The minimum absolute atomic E-state index is 0.739. The second kappa shape index (κ2) is 4.39. The first-order valence-corrected chi connectivity index (χ1v) is 3.49. The third kappa shape index (κ3) is 5.37. The van der Waals surface area contributed by atoms with Gasteiger partial charge in [0.2, 0.25) is 0 Å². The molecule has 0 spiro atoms. The van der Waals surface area contributed by atoms with Gasteiger partial charge in [-0.15, -0.1) is 11.8 Å². The third-order valence-electron chi connectivity index (χ3n) is 0.632. The van der Waals surface area contributed by atoms with Crippen LogP contribution in [0.15, 0.2) is 22.5 Å². The van der Waals surface area contributed by atoms with Crippen molar-refractivity contribution in [3.8, 4) is 0 Å². The number of allylic oxidation sites excluding steroid dienone is 2. The maximum Gasteiger partial charge on any atom is 0.146 e. The fourth-order valence-corrected chi connectivity index (χ4v) is 0.664. The summed E-state index contributed by atoms with van der Waals surface area (Å²) < 4.78 is 0. The van der Waals surface area contributed by atoms with E-state index < -0.39 is 0 Å². The number of carbonyl (C=O) groups excluding carboxylic acids is 1. The second-order valence-corrected chi connectivity index (χ2v) is 2.97. The maximum atomic E-state index is 10.0. The lowest BCUT2D eigenvalue weighted by Crippen LogP contribution is -1.71. The fourth-order valence-electron chi connectivity index (χ4n) is 0.221. The lowest BCUT2D eigenvalue weighted by molar-refractivity contribution is -0.104. The lowest BCUT2D eigenvalue weighted by Gasteiger charge is -1.89. The standard InChI is InChI=1S/C7H10OS/c1-6(2)9-5-7(3)4-8/h4-5H,1H2,2-3H3/b7-5+. The van der Waals surface area contributed by atoms with Gasteiger partial charge in [0.05, 0.1) is 0 Å². The molecule has 0 rings (SSSR count). The van der Waals surface area contributed by atoms with E-state index in [0.29, 0.717) is 0 Å². The number of hydrogen-bond donors (Lipinski definition) is 0. The monoisotopic (exact) mass is 142 g/mol. The summed E-state index contributed by atoms with van der Waals surface area (Å²) in [6.45, 7) is 7.33. The smallest absolute Gasteiger partial charge is 0.146 e. The van der Waals surface area contributed by atoms with Crippen LogP contribution in [0.4, 0.5) is 0 Å². The van der Waals surface area contributed by atoms with Gasteiger partial charge in [0.1, 0.15) is 6.29 Å². The number of aldehydes is 1. The van der Waals surface area contributed by atoms with Crippen LogP contribution in [0.2, 0.25) is 0 Å². The molecular weight excluding hydrogens is 132 g/mol. The molecule has 2 heteroatoms. The molecule has 0 saturated carbocycles. The average molecular weight is 142 g/mol. The van der Waals surface area contributed by atoms with Crippen LogP contribution >= 0.6 is 11.8 Å². The zero-order valence-corrected chi connectivity index (χ0v) is 6.49. The predicted molar refractivity (Wildman–Crippen MR) is 42.2 cm³/mol. The molecule has 1 nitrogen and oxygen atoms in total. The third-order valence-corrected chi connectivity index (χ3v) is 1.52. The van der Waals surface area contributed by atoms with E-state index in [1.54, 1.807) is 12.3 Å². The van der Waals surface area contributed by atoms with Crippen molar-refractivity contribution in [1.29, 1.82) is 0 Å². The molecule has 50 valence electrons. The highest BCUT2D eigenvalue weighted by atomic mass is 32.2. The van der Waals surface area contributed by atoms with E-state index in [4.69, 9.17) is 0 Å². The Labute approximate surface area is 59.8 Å². The first-order valence-electron chi connectivity index (χ1n) is 2.61. The van der Waals surface area contributed by atoms with Crippen LogP contribution in [-0.4, -0.2) is 6.29 Å². The van der Waals surface area contributed by atoms with Gasteiger partial charge in [-0.1, -0.05) is 6.58 Å². The van der Waals surface area contributed by atoms with Gasteiger partial charge in [-0.2, -0.15) is 0 Å². The van der Waals surface area contributed by atoms with Crippen LogP contribution in [0.25, 0.3) is 0 Å². The van der Waals surface area contributed by atoms with Crippen molar-refractivity contribution in [3.63, 3.8) is 0 Å². The van der Waals surface area contributed by atoms with Gasteiger partial charge in [-0.05, 0) is 29.7 Å². The molecule has 0 unspecified atom stereocenters. The Morgan fingerprint density at radius 1 is 1.56 bits per heavy atom. The Morgan fingerprint density at radius 2 is 2.11 bits per heavy atom. The average Bonchev–Trinajstić information content (AvgIpc) is 1.83. The number of hydrogen-bond acceptors (Lipinski definition) is 2. The van der Waals surface area contributed by atoms with E-state index in [1.165, 1.54) is 11.8 Å².